The second-order valence-corrected chi connectivity index (χ2v) is 4.02. The van der Waals surface area contributed by atoms with Crippen molar-refractivity contribution >= 4 is 16.7 Å². The summed E-state index contributed by atoms with van der Waals surface area (Å²) >= 11 is 0. The summed E-state index contributed by atoms with van der Waals surface area (Å²) in [6.07, 6.45) is 1.76. The van der Waals surface area contributed by atoms with E-state index < -0.39 is 0 Å². The van der Waals surface area contributed by atoms with Crippen LogP contribution in [-0.2, 0) is 0 Å². The number of methoxy groups -OCH3 is 1. The summed E-state index contributed by atoms with van der Waals surface area (Å²) in [6, 6.07) is 3.84. The Morgan fingerprint density at radius 1 is 1.47 bits per heavy atom. The first-order valence-electron chi connectivity index (χ1n) is 5.51. The van der Waals surface area contributed by atoms with Gasteiger partial charge in [-0.15, -0.1) is 0 Å². The summed E-state index contributed by atoms with van der Waals surface area (Å²) in [5.74, 6) is 0.847. The van der Waals surface area contributed by atoms with Crippen LogP contribution in [0.5, 0.6) is 5.75 Å². The summed E-state index contributed by atoms with van der Waals surface area (Å²) in [6.45, 7) is 2.33. The molecule has 0 spiro atoms. The number of likely N-dealkylation sites (N-methyl/N-ethyl adjacent to an activating group) is 1. The van der Waals surface area contributed by atoms with Gasteiger partial charge in [-0.25, -0.2) is 0 Å². The van der Waals surface area contributed by atoms with E-state index in [1.807, 2.05) is 19.1 Å². The minimum Gasteiger partial charge on any atom is -0.497 e. The Labute approximate surface area is 100.0 Å². The SMILES string of the molecule is CNCC(=O)c1c[nH]c2c(C)cc(OC)cc12. The topological polar surface area (TPSA) is 54.1 Å². The lowest BCUT2D eigenvalue weighted by molar-refractivity contribution is 0.0995. The maximum absolute atomic E-state index is 11.9. The Morgan fingerprint density at radius 2 is 2.24 bits per heavy atom. The smallest absolute Gasteiger partial charge is 0.178 e. The summed E-state index contributed by atoms with van der Waals surface area (Å²) in [7, 11) is 3.39. The summed E-state index contributed by atoms with van der Waals surface area (Å²) in [5, 5.41) is 3.79. The van der Waals surface area contributed by atoms with E-state index in [9.17, 15) is 4.79 Å². The Hall–Kier alpha value is -1.81. The van der Waals surface area contributed by atoms with Crippen LogP contribution in [0, 0.1) is 6.92 Å². The summed E-state index contributed by atoms with van der Waals surface area (Å²) in [5.41, 5.74) is 2.77. The van der Waals surface area contributed by atoms with E-state index in [0.29, 0.717) is 12.1 Å². The number of aromatic amines is 1. The van der Waals surface area contributed by atoms with Crippen LogP contribution < -0.4 is 10.1 Å². The number of carbonyl (C=O) groups excluding carboxylic acids is 1. The summed E-state index contributed by atoms with van der Waals surface area (Å²) < 4.78 is 5.23. The van der Waals surface area contributed by atoms with E-state index >= 15 is 0 Å². The maximum Gasteiger partial charge on any atom is 0.178 e. The molecule has 2 aromatic rings. The van der Waals surface area contributed by atoms with Crippen molar-refractivity contribution in [1.29, 1.82) is 0 Å². The number of aromatic nitrogens is 1. The molecule has 1 aromatic heterocycles. The van der Waals surface area contributed by atoms with E-state index in [2.05, 4.69) is 10.3 Å². The van der Waals surface area contributed by atoms with Crippen molar-refractivity contribution < 1.29 is 9.53 Å². The highest BCUT2D eigenvalue weighted by Gasteiger charge is 2.13. The molecule has 0 fully saturated rings. The zero-order valence-corrected chi connectivity index (χ0v) is 10.3. The molecule has 90 valence electrons. The van der Waals surface area contributed by atoms with Crippen LogP contribution in [0.4, 0.5) is 0 Å². The Bertz CT molecular complexity index is 558. The van der Waals surface area contributed by atoms with Crippen LogP contribution in [0.15, 0.2) is 18.3 Å². The molecule has 4 heteroatoms. The van der Waals surface area contributed by atoms with Gasteiger partial charge in [0.2, 0.25) is 0 Å². The van der Waals surface area contributed by atoms with Crippen LogP contribution >= 0.6 is 0 Å². The molecule has 17 heavy (non-hydrogen) atoms. The standard InChI is InChI=1S/C13H16N2O2/c1-8-4-9(17-3)5-10-11(6-15-13(8)10)12(16)7-14-2/h4-6,14-15H,7H2,1-3H3. The number of rotatable bonds is 4. The van der Waals surface area contributed by atoms with Crippen molar-refractivity contribution in [3.8, 4) is 5.75 Å². The first kappa shape index (κ1) is 11.7. The lowest BCUT2D eigenvalue weighted by Gasteiger charge is -2.04. The quantitative estimate of drug-likeness (QED) is 0.791. The van der Waals surface area contributed by atoms with Gasteiger partial charge in [-0.2, -0.15) is 0 Å². The van der Waals surface area contributed by atoms with Crippen molar-refractivity contribution in [3.63, 3.8) is 0 Å². The third-order valence-corrected chi connectivity index (χ3v) is 2.83. The van der Waals surface area contributed by atoms with Crippen LogP contribution in [0.3, 0.4) is 0 Å². The number of fused-ring (bicyclic) bond motifs is 1. The molecule has 2 N–H and O–H groups in total. The van der Waals surface area contributed by atoms with Crippen molar-refractivity contribution in [3.05, 3.63) is 29.5 Å². The van der Waals surface area contributed by atoms with Crippen LogP contribution in [0.2, 0.25) is 0 Å². The zero-order chi connectivity index (χ0) is 12.4. The van der Waals surface area contributed by atoms with Gasteiger partial charge >= 0.3 is 0 Å². The molecule has 2 rings (SSSR count). The lowest BCUT2D eigenvalue weighted by Crippen LogP contribution is -2.18. The number of carbonyl (C=O) groups is 1. The van der Waals surface area contributed by atoms with Crippen molar-refractivity contribution in [2.75, 3.05) is 20.7 Å². The van der Waals surface area contributed by atoms with Crippen LogP contribution in [0.1, 0.15) is 15.9 Å². The third-order valence-electron chi connectivity index (χ3n) is 2.83. The van der Waals surface area contributed by atoms with Crippen molar-refractivity contribution in [2.45, 2.75) is 6.92 Å². The number of Topliss-reactive ketones (excluding diaryl/α,β-unsaturated/α-hetero) is 1. The molecule has 0 radical (unpaired) electrons. The van der Waals surface area contributed by atoms with Gasteiger partial charge in [0.05, 0.1) is 13.7 Å². The van der Waals surface area contributed by atoms with Gasteiger partial charge in [0.25, 0.3) is 0 Å². The monoisotopic (exact) mass is 232 g/mol. The first-order valence-corrected chi connectivity index (χ1v) is 5.51. The molecule has 0 aliphatic carbocycles. The molecule has 0 unspecified atom stereocenters. The molecular formula is C13H16N2O2. The molecule has 0 saturated carbocycles. The van der Waals surface area contributed by atoms with Gasteiger partial charge in [0, 0.05) is 22.7 Å². The van der Waals surface area contributed by atoms with Crippen molar-refractivity contribution in [1.82, 2.24) is 10.3 Å². The number of hydrogen-bond donors (Lipinski definition) is 2. The van der Waals surface area contributed by atoms with Gasteiger partial charge in [0.15, 0.2) is 5.78 Å². The van der Waals surface area contributed by atoms with E-state index in [-0.39, 0.29) is 5.78 Å². The second kappa shape index (κ2) is 4.59. The molecule has 0 amide bonds. The molecule has 0 aliphatic rings. The number of ketones is 1. The van der Waals surface area contributed by atoms with E-state index in [4.69, 9.17) is 4.74 Å². The molecule has 0 saturated heterocycles. The fourth-order valence-electron chi connectivity index (χ4n) is 1.98. The number of benzene rings is 1. The van der Waals surface area contributed by atoms with Crippen molar-refractivity contribution in [2.24, 2.45) is 0 Å². The molecule has 0 aliphatic heterocycles. The number of nitrogens with one attached hydrogen (secondary N) is 2. The van der Waals surface area contributed by atoms with E-state index in [1.165, 1.54) is 0 Å². The largest absolute Gasteiger partial charge is 0.497 e. The van der Waals surface area contributed by atoms with Gasteiger partial charge in [-0.05, 0) is 31.7 Å². The minimum absolute atomic E-state index is 0.0754. The average molecular weight is 232 g/mol. The molecule has 1 heterocycles. The highest BCUT2D eigenvalue weighted by atomic mass is 16.5. The lowest BCUT2D eigenvalue weighted by atomic mass is 10.1. The number of hydrogen-bond acceptors (Lipinski definition) is 3. The Kier molecular flexibility index (Phi) is 3.15. The molecule has 0 atom stereocenters. The maximum atomic E-state index is 11.9. The highest BCUT2D eigenvalue weighted by molar-refractivity contribution is 6.09. The number of ether oxygens (including phenoxy) is 1. The zero-order valence-electron chi connectivity index (χ0n) is 10.3. The predicted molar refractivity (Wildman–Crippen MR) is 67.8 cm³/mol. The van der Waals surface area contributed by atoms with Gasteiger partial charge in [0.1, 0.15) is 5.75 Å². The fraction of sp³-hybridized carbons (Fsp3) is 0.308. The molecule has 0 bridgehead atoms. The average Bonchev–Trinajstić information content (AvgIpc) is 2.73. The van der Waals surface area contributed by atoms with Gasteiger partial charge < -0.3 is 15.0 Å². The van der Waals surface area contributed by atoms with E-state index in [1.54, 1.807) is 20.4 Å². The second-order valence-electron chi connectivity index (χ2n) is 4.02. The Morgan fingerprint density at radius 3 is 2.88 bits per heavy atom. The first-order chi connectivity index (χ1) is 8.17. The third kappa shape index (κ3) is 2.03. The Balaban J connectivity index is 2.58. The number of aryl methyl sites for hydroxylation is 1. The van der Waals surface area contributed by atoms with Gasteiger partial charge in [-0.3, -0.25) is 4.79 Å². The van der Waals surface area contributed by atoms with E-state index in [0.717, 1.165) is 22.2 Å². The summed E-state index contributed by atoms with van der Waals surface area (Å²) in [4.78, 5) is 15.1. The van der Waals surface area contributed by atoms with Crippen LogP contribution in [0.25, 0.3) is 10.9 Å². The normalized spacial score (nSPS) is 10.8. The van der Waals surface area contributed by atoms with Crippen LogP contribution in [-0.4, -0.2) is 31.5 Å². The molecule has 4 nitrogen and oxygen atoms in total. The number of H-pyrrole nitrogens is 1. The fourth-order valence-corrected chi connectivity index (χ4v) is 1.98. The van der Waals surface area contributed by atoms with Gasteiger partial charge in [-0.1, -0.05) is 0 Å². The predicted octanol–water partition coefficient (Wildman–Crippen LogP) is 1.89. The highest BCUT2D eigenvalue weighted by Crippen LogP contribution is 2.27. The molecule has 1 aromatic carbocycles. The molecular weight excluding hydrogens is 216 g/mol. The minimum atomic E-state index is 0.0754.